The first-order chi connectivity index (χ1) is 7.33. The van der Waals surface area contributed by atoms with Crippen LogP contribution in [0, 0.1) is 0 Å². The van der Waals surface area contributed by atoms with Crippen LogP contribution in [0.5, 0.6) is 0 Å². The van der Waals surface area contributed by atoms with E-state index in [1.54, 1.807) is 0 Å². The van der Waals surface area contributed by atoms with E-state index in [4.69, 9.17) is 0 Å². The van der Waals surface area contributed by atoms with Gasteiger partial charge >= 0.3 is 0 Å². The average molecular weight is 271 g/mol. The van der Waals surface area contributed by atoms with E-state index in [1.807, 2.05) is 7.05 Å². The normalized spacial score (nSPS) is 10.5. The Labute approximate surface area is 101 Å². The number of nitrogens with one attached hydrogen (secondary N) is 2. The fourth-order valence-electron chi connectivity index (χ4n) is 1.39. The SMILES string of the molecule is CNCCCCNCc1ccc(Br)cc1. The van der Waals surface area contributed by atoms with Gasteiger partial charge in [0.05, 0.1) is 0 Å². The van der Waals surface area contributed by atoms with E-state index in [2.05, 4.69) is 50.8 Å². The molecule has 0 amide bonds. The molecule has 2 nitrogen and oxygen atoms in total. The predicted octanol–water partition coefficient (Wildman–Crippen LogP) is 2.54. The van der Waals surface area contributed by atoms with Crippen LogP contribution >= 0.6 is 15.9 Å². The van der Waals surface area contributed by atoms with Gasteiger partial charge in [-0.25, -0.2) is 0 Å². The molecular weight excluding hydrogens is 252 g/mol. The molecule has 84 valence electrons. The van der Waals surface area contributed by atoms with Crippen molar-refractivity contribution in [2.24, 2.45) is 0 Å². The minimum Gasteiger partial charge on any atom is -0.320 e. The van der Waals surface area contributed by atoms with Gasteiger partial charge in [0.1, 0.15) is 0 Å². The van der Waals surface area contributed by atoms with Crippen molar-refractivity contribution in [3.8, 4) is 0 Å². The van der Waals surface area contributed by atoms with Gasteiger partial charge in [-0.3, -0.25) is 0 Å². The second-order valence-electron chi connectivity index (χ2n) is 3.61. The molecule has 0 saturated carbocycles. The zero-order chi connectivity index (χ0) is 10.9. The van der Waals surface area contributed by atoms with Crippen molar-refractivity contribution in [1.29, 1.82) is 0 Å². The lowest BCUT2D eigenvalue weighted by atomic mass is 10.2. The first kappa shape index (κ1) is 12.7. The highest BCUT2D eigenvalue weighted by atomic mass is 79.9. The number of halogens is 1. The first-order valence-corrected chi connectivity index (χ1v) is 6.22. The van der Waals surface area contributed by atoms with Crippen LogP contribution in [0.15, 0.2) is 28.7 Å². The summed E-state index contributed by atoms with van der Waals surface area (Å²) in [5.74, 6) is 0. The van der Waals surface area contributed by atoms with Gasteiger partial charge in [0.2, 0.25) is 0 Å². The quantitative estimate of drug-likeness (QED) is 0.745. The molecule has 1 aromatic rings. The lowest BCUT2D eigenvalue weighted by molar-refractivity contribution is 0.605. The highest BCUT2D eigenvalue weighted by Gasteiger charge is 1.92. The third kappa shape index (κ3) is 5.92. The van der Waals surface area contributed by atoms with Crippen LogP contribution < -0.4 is 10.6 Å². The van der Waals surface area contributed by atoms with Gasteiger partial charge in [0.15, 0.2) is 0 Å². The van der Waals surface area contributed by atoms with Gasteiger partial charge in [-0.2, -0.15) is 0 Å². The molecule has 2 N–H and O–H groups in total. The van der Waals surface area contributed by atoms with Crippen molar-refractivity contribution < 1.29 is 0 Å². The van der Waals surface area contributed by atoms with Crippen molar-refractivity contribution in [3.05, 3.63) is 34.3 Å². The molecule has 1 rings (SSSR count). The van der Waals surface area contributed by atoms with Gasteiger partial charge in [0.25, 0.3) is 0 Å². The summed E-state index contributed by atoms with van der Waals surface area (Å²) >= 11 is 3.43. The van der Waals surface area contributed by atoms with Gasteiger partial charge in [0, 0.05) is 11.0 Å². The third-order valence-electron chi connectivity index (χ3n) is 2.27. The molecule has 3 heteroatoms. The first-order valence-electron chi connectivity index (χ1n) is 5.42. The Balaban J connectivity index is 2.07. The van der Waals surface area contributed by atoms with Crippen molar-refractivity contribution in [1.82, 2.24) is 10.6 Å². The summed E-state index contributed by atoms with van der Waals surface area (Å²) in [5.41, 5.74) is 1.34. The molecule has 0 bridgehead atoms. The molecule has 0 aliphatic heterocycles. The molecule has 0 unspecified atom stereocenters. The van der Waals surface area contributed by atoms with Crippen molar-refractivity contribution in [2.45, 2.75) is 19.4 Å². The molecule has 0 aliphatic rings. The van der Waals surface area contributed by atoms with E-state index < -0.39 is 0 Å². The van der Waals surface area contributed by atoms with Crippen molar-refractivity contribution >= 4 is 15.9 Å². The predicted molar refractivity (Wildman–Crippen MR) is 69.0 cm³/mol. The zero-order valence-corrected chi connectivity index (χ0v) is 10.8. The Kier molecular flexibility index (Phi) is 6.64. The standard InChI is InChI=1S/C12H19BrN2/c1-14-8-2-3-9-15-10-11-4-6-12(13)7-5-11/h4-7,14-15H,2-3,8-10H2,1H3. The van der Waals surface area contributed by atoms with Gasteiger partial charge in [-0.05, 0) is 50.7 Å². The Morgan fingerprint density at radius 3 is 2.40 bits per heavy atom. The van der Waals surface area contributed by atoms with Crippen LogP contribution in [0.3, 0.4) is 0 Å². The fraction of sp³-hybridized carbons (Fsp3) is 0.500. The Hall–Kier alpha value is -0.380. The van der Waals surface area contributed by atoms with E-state index in [1.165, 1.54) is 18.4 Å². The van der Waals surface area contributed by atoms with E-state index in [0.717, 1.165) is 24.1 Å². The topological polar surface area (TPSA) is 24.1 Å². The minimum atomic E-state index is 0.965. The summed E-state index contributed by atoms with van der Waals surface area (Å²) in [6, 6.07) is 8.45. The smallest absolute Gasteiger partial charge is 0.0205 e. The van der Waals surface area contributed by atoms with Gasteiger partial charge in [-0.1, -0.05) is 28.1 Å². The third-order valence-corrected chi connectivity index (χ3v) is 2.80. The summed E-state index contributed by atoms with van der Waals surface area (Å²) in [4.78, 5) is 0. The van der Waals surface area contributed by atoms with E-state index in [9.17, 15) is 0 Å². The van der Waals surface area contributed by atoms with Gasteiger partial charge in [-0.15, -0.1) is 0 Å². The molecule has 0 fully saturated rings. The van der Waals surface area contributed by atoms with Crippen molar-refractivity contribution in [3.63, 3.8) is 0 Å². The molecule has 1 aromatic carbocycles. The van der Waals surface area contributed by atoms with E-state index in [-0.39, 0.29) is 0 Å². The largest absolute Gasteiger partial charge is 0.320 e. The minimum absolute atomic E-state index is 0.965. The van der Waals surface area contributed by atoms with Gasteiger partial charge < -0.3 is 10.6 Å². The Morgan fingerprint density at radius 2 is 1.73 bits per heavy atom. The molecule has 0 spiro atoms. The number of rotatable bonds is 7. The second kappa shape index (κ2) is 7.85. The van der Waals surface area contributed by atoms with Crippen LogP contribution in [0.4, 0.5) is 0 Å². The molecule has 0 atom stereocenters. The highest BCUT2D eigenvalue weighted by molar-refractivity contribution is 9.10. The van der Waals surface area contributed by atoms with Crippen LogP contribution in [-0.4, -0.2) is 20.1 Å². The molecule has 0 radical (unpaired) electrons. The number of hydrogen-bond donors (Lipinski definition) is 2. The maximum absolute atomic E-state index is 3.44. The van der Waals surface area contributed by atoms with Crippen LogP contribution in [0.1, 0.15) is 18.4 Å². The lowest BCUT2D eigenvalue weighted by Gasteiger charge is -2.04. The average Bonchev–Trinajstić information content (AvgIpc) is 2.26. The maximum atomic E-state index is 3.44. The summed E-state index contributed by atoms with van der Waals surface area (Å²) in [5, 5.41) is 6.59. The van der Waals surface area contributed by atoms with Crippen LogP contribution in [0.2, 0.25) is 0 Å². The summed E-state index contributed by atoms with van der Waals surface area (Å²) in [7, 11) is 2.00. The zero-order valence-electron chi connectivity index (χ0n) is 9.22. The van der Waals surface area contributed by atoms with E-state index >= 15 is 0 Å². The monoisotopic (exact) mass is 270 g/mol. The van der Waals surface area contributed by atoms with Crippen LogP contribution in [-0.2, 0) is 6.54 Å². The highest BCUT2D eigenvalue weighted by Crippen LogP contribution is 2.10. The van der Waals surface area contributed by atoms with E-state index in [0.29, 0.717) is 0 Å². The Morgan fingerprint density at radius 1 is 1.07 bits per heavy atom. The van der Waals surface area contributed by atoms with Crippen LogP contribution in [0.25, 0.3) is 0 Å². The lowest BCUT2D eigenvalue weighted by Crippen LogP contribution is -2.16. The second-order valence-corrected chi connectivity index (χ2v) is 4.53. The number of hydrogen-bond acceptors (Lipinski definition) is 2. The molecule has 0 aromatic heterocycles. The summed E-state index contributed by atoms with van der Waals surface area (Å²) < 4.78 is 1.14. The molecule has 0 aliphatic carbocycles. The maximum Gasteiger partial charge on any atom is 0.0205 e. The van der Waals surface area contributed by atoms with Crippen molar-refractivity contribution in [2.75, 3.05) is 20.1 Å². The molecular formula is C12H19BrN2. The molecule has 15 heavy (non-hydrogen) atoms. The molecule has 0 saturated heterocycles. The summed E-state index contributed by atoms with van der Waals surface area (Å²) in [6.45, 7) is 3.17. The fourth-order valence-corrected chi connectivity index (χ4v) is 1.65. The Bertz CT molecular complexity index is 259. The number of unbranched alkanes of at least 4 members (excludes halogenated alkanes) is 1. The summed E-state index contributed by atoms with van der Waals surface area (Å²) in [6.07, 6.45) is 2.47. The number of benzene rings is 1. The molecule has 0 heterocycles.